The van der Waals surface area contributed by atoms with Crippen LogP contribution >= 0.6 is 11.3 Å². The van der Waals surface area contributed by atoms with Gasteiger partial charge in [-0.3, -0.25) is 4.79 Å². The highest BCUT2D eigenvalue weighted by Crippen LogP contribution is 2.20. The molecule has 1 saturated heterocycles. The van der Waals surface area contributed by atoms with Gasteiger partial charge in [0.05, 0.1) is 18.2 Å². The van der Waals surface area contributed by atoms with Crippen LogP contribution in [-0.2, 0) is 21.4 Å². The van der Waals surface area contributed by atoms with Gasteiger partial charge in [0.25, 0.3) is 0 Å². The van der Waals surface area contributed by atoms with Gasteiger partial charge in [-0.15, -0.1) is 11.3 Å². The zero-order valence-electron chi connectivity index (χ0n) is 11.5. The molecule has 0 aromatic carbocycles. The van der Waals surface area contributed by atoms with Crippen molar-refractivity contribution in [3.8, 4) is 0 Å². The van der Waals surface area contributed by atoms with E-state index in [9.17, 15) is 13.2 Å². The Morgan fingerprint density at radius 3 is 3.00 bits per heavy atom. The van der Waals surface area contributed by atoms with E-state index in [0.717, 1.165) is 17.7 Å². The van der Waals surface area contributed by atoms with Crippen LogP contribution in [0.3, 0.4) is 0 Å². The van der Waals surface area contributed by atoms with Crippen molar-refractivity contribution < 1.29 is 13.2 Å². The molecule has 2 rings (SSSR count). The third kappa shape index (κ3) is 3.80. The second kappa shape index (κ2) is 6.69. The molecule has 1 unspecified atom stereocenters. The summed E-state index contributed by atoms with van der Waals surface area (Å²) in [6.45, 7) is 3.00. The van der Waals surface area contributed by atoms with E-state index in [1.54, 1.807) is 18.3 Å². The van der Waals surface area contributed by atoms with E-state index < -0.39 is 10.0 Å². The lowest BCUT2D eigenvalue weighted by molar-refractivity contribution is -0.126. The summed E-state index contributed by atoms with van der Waals surface area (Å²) in [5, 5.41) is 4.86. The fraction of sp³-hybridized carbons (Fsp3) is 0.615. The summed E-state index contributed by atoms with van der Waals surface area (Å²) in [5.74, 6) is -0.185. The Kier molecular flexibility index (Phi) is 5.17. The molecule has 1 fully saturated rings. The van der Waals surface area contributed by atoms with Gasteiger partial charge in [0.1, 0.15) is 0 Å². The number of nitrogens with zero attached hydrogens (tertiary/aromatic N) is 1. The van der Waals surface area contributed by atoms with E-state index in [1.165, 1.54) is 4.31 Å². The third-order valence-electron chi connectivity index (χ3n) is 3.53. The molecule has 0 aliphatic carbocycles. The molecule has 2 heterocycles. The largest absolute Gasteiger partial charge is 0.351 e. The number of thiophene rings is 1. The Balaban J connectivity index is 1.90. The molecular weight excluding hydrogens is 296 g/mol. The average Bonchev–Trinajstić information content (AvgIpc) is 2.98. The van der Waals surface area contributed by atoms with Gasteiger partial charge in [-0.1, -0.05) is 6.07 Å². The lowest BCUT2D eigenvalue weighted by Crippen LogP contribution is -2.45. The van der Waals surface area contributed by atoms with Crippen LogP contribution in [0.4, 0.5) is 0 Å². The van der Waals surface area contributed by atoms with Crippen molar-refractivity contribution in [2.75, 3.05) is 18.8 Å². The van der Waals surface area contributed by atoms with Crippen LogP contribution in [0.15, 0.2) is 17.5 Å². The first-order valence-electron chi connectivity index (χ1n) is 6.81. The lowest BCUT2D eigenvalue weighted by atomic mass is 9.99. The molecule has 1 amide bonds. The summed E-state index contributed by atoms with van der Waals surface area (Å²) in [6.07, 6.45) is 1.50. The number of piperidine rings is 1. The topological polar surface area (TPSA) is 66.5 Å². The van der Waals surface area contributed by atoms with Gasteiger partial charge < -0.3 is 5.32 Å². The van der Waals surface area contributed by atoms with Crippen molar-refractivity contribution in [2.45, 2.75) is 26.3 Å². The Bertz CT molecular complexity index is 540. The number of sulfonamides is 1. The minimum atomic E-state index is -3.19. The van der Waals surface area contributed by atoms with E-state index in [2.05, 4.69) is 5.32 Å². The van der Waals surface area contributed by atoms with E-state index in [-0.39, 0.29) is 17.6 Å². The predicted octanol–water partition coefficient (Wildman–Crippen LogP) is 1.43. The van der Waals surface area contributed by atoms with Crippen LogP contribution in [0.2, 0.25) is 0 Å². The lowest BCUT2D eigenvalue weighted by Gasteiger charge is -2.30. The summed E-state index contributed by atoms with van der Waals surface area (Å²) in [4.78, 5) is 13.2. The average molecular weight is 316 g/mol. The van der Waals surface area contributed by atoms with E-state index >= 15 is 0 Å². The van der Waals surface area contributed by atoms with E-state index in [0.29, 0.717) is 19.6 Å². The molecule has 1 aliphatic heterocycles. The number of nitrogens with one attached hydrogen (secondary N) is 1. The molecule has 5 nitrogen and oxygen atoms in total. The number of carbonyl (C=O) groups excluding carboxylic acids is 1. The molecule has 0 bridgehead atoms. The summed E-state index contributed by atoms with van der Waals surface area (Å²) in [6, 6.07) is 3.92. The molecule has 0 radical (unpaired) electrons. The normalized spacial score (nSPS) is 20.8. The van der Waals surface area contributed by atoms with Crippen molar-refractivity contribution in [1.29, 1.82) is 0 Å². The van der Waals surface area contributed by atoms with Gasteiger partial charge in [-0.25, -0.2) is 12.7 Å². The maximum atomic E-state index is 12.1. The number of hydrogen-bond donors (Lipinski definition) is 1. The monoisotopic (exact) mass is 316 g/mol. The number of amides is 1. The molecule has 20 heavy (non-hydrogen) atoms. The van der Waals surface area contributed by atoms with Gasteiger partial charge in [-0.2, -0.15) is 0 Å². The third-order valence-corrected chi connectivity index (χ3v) is 6.25. The Labute approximate surface area is 124 Å². The second-order valence-electron chi connectivity index (χ2n) is 4.89. The molecular formula is C13H20N2O3S2. The van der Waals surface area contributed by atoms with Crippen LogP contribution in [0.5, 0.6) is 0 Å². The van der Waals surface area contributed by atoms with Crippen molar-refractivity contribution in [3.63, 3.8) is 0 Å². The summed E-state index contributed by atoms with van der Waals surface area (Å²) in [5.41, 5.74) is 0. The molecule has 7 heteroatoms. The molecule has 1 N–H and O–H groups in total. The smallest absolute Gasteiger partial charge is 0.224 e. The Morgan fingerprint density at radius 2 is 2.35 bits per heavy atom. The Morgan fingerprint density at radius 1 is 1.55 bits per heavy atom. The molecule has 1 aliphatic rings. The van der Waals surface area contributed by atoms with Gasteiger partial charge in [0, 0.05) is 18.0 Å². The van der Waals surface area contributed by atoms with E-state index in [1.807, 2.05) is 17.5 Å². The minimum Gasteiger partial charge on any atom is -0.351 e. The maximum absolute atomic E-state index is 12.1. The van der Waals surface area contributed by atoms with Crippen LogP contribution in [0.1, 0.15) is 24.6 Å². The maximum Gasteiger partial charge on any atom is 0.224 e. The first-order chi connectivity index (χ1) is 9.53. The van der Waals surface area contributed by atoms with Crippen molar-refractivity contribution >= 4 is 27.3 Å². The highest BCUT2D eigenvalue weighted by molar-refractivity contribution is 7.89. The van der Waals surface area contributed by atoms with Gasteiger partial charge in [-0.05, 0) is 31.2 Å². The van der Waals surface area contributed by atoms with Gasteiger partial charge >= 0.3 is 0 Å². The van der Waals surface area contributed by atoms with Crippen LogP contribution in [0, 0.1) is 5.92 Å². The zero-order valence-corrected chi connectivity index (χ0v) is 13.2. The van der Waals surface area contributed by atoms with Gasteiger partial charge in [0.15, 0.2) is 0 Å². The second-order valence-corrected chi connectivity index (χ2v) is 8.18. The zero-order chi connectivity index (χ0) is 14.6. The highest BCUT2D eigenvalue weighted by atomic mass is 32.2. The highest BCUT2D eigenvalue weighted by Gasteiger charge is 2.31. The molecule has 1 atom stereocenters. The van der Waals surface area contributed by atoms with E-state index in [4.69, 9.17) is 0 Å². The van der Waals surface area contributed by atoms with Crippen LogP contribution < -0.4 is 5.32 Å². The Hall–Kier alpha value is -0.920. The first kappa shape index (κ1) is 15.5. The van der Waals surface area contributed by atoms with Crippen molar-refractivity contribution in [2.24, 2.45) is 5.92 Å². The fourth-order valence-corrected chi connectivity index (χ4v) is 4.15. The van der Waals surface area contributed by atoms with Crippen LogP contribution in [-0.4, -0.2) is 37.5 Å². The summed E-state index contributed by atoms with van der Waals surface area (Å²) >= 11 is 1.60. The van der Waals surface area contributed by atoms with Gasteiger partial charge in [0.2, 0.25) is 15.9 Å². The standard InChI is InChI=1S/C13H20N2O3S2/c1-2-20(17,18)15-7-3-5-11(10-15)13(16)14-9-12-6-4-8-19-12/h4,6,8,11H,2-3,5,7,9-10H2,1H3,(H,14,16). The quantitative estimate of drug-likeness (QED) is 0.893. The van der Waals surface area contributed by atoms with Crippen molar-refractivity contribution in [3.05, 3.63) is 22.4 Å². The SMILES string of the molecule is CCS(=O)(=O)N1CCCC(C(=O)NCc2cccs2)C1. The van der Waals surface area contributed by atoms with Crippen LogP contribution in [0.25, 0.3) is 0 Å². The molecule has 1 aromatic rings. The number of hydrogen-bond acceptors (Lipinski definition) is 4. The summed E-state index contributed by atoms with van der Waals surface area (Å²) in [7, 11) is -3.19. The van der Waals surface area contributed by atoms with Crippen molar-refractivity contribution in [1.82, 2.24) is 9.62 Å². The molecule has 0 spiro atoms. The number of carbonyl (C=O) groups is 1. The minimum absolute atomic E-state index is 0.0468. The molecule has 1 aromatic heterocycles. The number of rotatable bonds is 5. The fourth-order valence-electron chi connectivity index (χ4n) is 2.32. The molecule has 112 valence electrons. The summed E-state index contributed by atoms with van der Waals surface area (Å²) < 4.78 is 25.2. The first-order valence-corrected chi connectivity index (χ1v) is 9.29. The molecule has 0 saturated carbocycles. The predicted molar refractivity (Wildman–Crippen MR) is 79.9 cm³/mol.